The van der Waals surface area contributed by atoms with E-state index in [1.807, 2.05) is 41.8 Å². The van der Waals surface area contributed by atoms with Crippen LogP contribution in [0.1, 0.15) is 10.4 Å². The van der Waals surface area contributed by atoms with Crippen molar-refractivity contribution in [2.24, 2.45) is 0 Å². The van der Waals surface area contributed by atoms with Gasteiger partial charge in [-0.1, -0.05) is 18.2 Å². The number of ether oxygens (including phenoxy) is 1. The van der Waals surface area contributed by atoms with Crippen LogP contribution in [0.2, 0.25) is 0 Å². The van der Waals surface area contributed by atoms with Crippen LogP contribution in [-0.2, 0) is 4.79 Å². The lowest BCUT2D eigenvalue weighted by atomic mass is 10.0. The Labute approximate surface area is 104 Å². The summed E-state index contributed by atoms with van der Waals surface area (Å²) in [5.41, 5.74) is 1.96. The zero-order valence-electron chi connectivity index (χ0n) is 9.42. The fraction of sp³-hybridized carbons (Fsp3) is 0.0714. The molecule has 3 heteroatoms. The summed E-state index contributed by atoms with van der Waals surface area (Å²) in [4.78, 5) is 11.8. The normalized spacial score (nSPS) is 11.2. The Hall–Kier alpha value is -1.87. The number of carbonyl (C=O) groups excluding carboxylic acids is 1. The third-order valence-electron chi connectivity index (χ3n) is 2.42. The predicted molar refractivity (Wildman–Crippen MR) is 70.5 cm³/mol. The first-order chi connectivity index (χ1) is 8.35. The Morgan fingerprint density at radius 2 is 2.00 bits per heavy atom. The maximum atomic E-state index is 10.7. The summed E-state index contributed by atoms with van der Waals surface area (Å²) in [7, 11) is 1.64. The summed E-state index contributed by atoms with van der Waals surface area (Å²) in [6, 6.07) is 11.7. The molecule has 0 aliphatic carbocycles. The molecule has 0 saturated carbocycles. The molecule has 0 fully saturated rings. The molecule has 0 atom stereocenters. The van der Waals surface area contributed by atoms with Crippen LogP contribution in [-0.4, -0.2) is 13.4 Å². The van der Waals surface area contributed by atoms with Gasteiger partial charge in [0.2, 0.25) is 0 Å². The summed E-state index contributed by atoms with van der Waals surface area (Å²) in [6.45, 7) is 0. The first-order valence-electron chi connectivity index (χ1n) is 5.19. The zero-order valence-corrected chi connectivity index (χ0v) is 10.2. The third kappa shape index (κ3) is 2.63. The number of aldehydes is 1. The molecule has 0 aliphatic rings. The molecule has 2 nitrogen and oxygen atoms in total. The molecule has 0 bridgehead atoms. The van der Waals surface area contributed by atoms with Gasteiger partial charge >= 0.3 is 0 Å². The smallest absolute Gasteiger partial charge is 0.143 e. The summed E-state index contributed by atoms with van der Waals surface area (Å²) in [6.07, 6.45) is 2.41. The number of benzene rings is 1. The van der Waals surface area contributed by atoms with Crippen molar-refractivity contribution < 1.29 is 9.53 Å². The fourth-order valence-electron chi connectivity index (χ4n) is 1.59. The molecule has 0 radical (unpaired) electrons. The van der Waals surface area contributed by atoms with E-state index in [0.29, 0.717) is 0 Å². The summed E-state index contributed by atoms with van der Waals surface area (Å²) < 4.78 is 5.11. The Morgan fingerprint density at radius 1 is 1.24 bits per heavy atom. The van der Waals surface area contributed by atoms with Crippen molar-refractivity contribution in [3.05, 3.63) is 58.3 Å². The molecule has 2 rings (SSSR count). The molecular weight excluding hydrogens is 232 g/mol. The van der Waals surface area contributed by atoms with E-state index in [1.165, 1.54) is 0 Å². The molecule has 1 aromatic heterocycles. The SMILES string of the molecule is COc1ccc(C(=CC=O)c2cccs2)cc1. The van der Waals surface area contributed by atoms with E-state index in [1.54, 1.807) is 24.5 Å². The molecule has 1 heterocycles. The molecular formula is C14H12O2S. The monoisotopic (exact) mass is 244 g/mol. The highest BCUT2D eigenvalue weighted by Crippen LogP contribution is 2.27. The average molecular weight is 244 g/mol. The summed E-state index contributed by atoms with van der Waals surface area (Å²) in [5, 5.41) is 2.00. The van der Waals surface area contributed by atoms with Gasteiger partial charge in [0.05, 0.1) is 7.11 Å². The number of carbonyl (C=O) groups is 1. The standard InChI is InChI=1S/C14H12O2S/c1-16-12-6-4-11(5-7-12)13(8-9-15)14-3-2-10-17-14/h2-10H,1H3. The fourth-order valence-corrected chi connectivity index (χ4v) is 2.36. The van der Waals surface area contributed by atoms with Crippen molar-refractivity contribution >= 4 is 23.2 Å². The largest absolute Gasteiger partial charge is 0.497 e. The minimum atomic E-state index is 0.811. The number of hydrogen-bond acceptors (Lipinski definition) is 3. The van der Waals surface area contributed by atoms with Crippen LogP contribution >= 0.6 is 11.3 Å². The predicted octanol–water partition coefficient (Wildman–Crippen LogP) is 3.39. The molecule has 0 saturated heterocycles. The lowest BCUT2D eigenvalue weighted by Crippen LogP contribution is -1.87. The highest BCUT2D eigenvalue weighted by atomic mass is 32.1. The van der Waals surface area contributed by atoms with Gasteiger partial charge in [-0.15, -0.1) is 11.3 Å². The van der Waals surface area contributed by atoms with Crippen molar-refractivity contribution in [3.8, 4) is 5.75 Å². The molecule has 0 amide bonds. The summed E-state index contributed by atoms with van der Waals surface area (Å²) in [5.74, 6) is 0.811. The topological polar surface area (TPSA) is 26.3 Å². The van der Waals surface area contributed by atoms with Gasteiger partial charge in [-0.3, -0.25) is 4.79 Å². The van der Waals surface area contributed by atoms with Crippen LogP contribution in [0.3, 0.4) is 0 Å². The number of methoxy groups -OCH3 is 1. The van der Waals surface area contributed by atoms with E-state index in [0.717, 1.165) is 28.0 Å². The molecule has 0 aliphatic heterocycles. The van der Waals surface area contributed by atoms with Gasteiger partial charge in [-0.05, 0) is 35.2 Å². The molecule has 17 heavy (non-hydrogen) atoms. The van der Waals surface area contributed by atoms with E-state index in [9.17, 15) is 4.79 Å². The van der Waals surface area contributed by atoms with Gasteiger partial charge in [-0.2, -0.15) is 0 Å². The molecule has 1 aromatic carbocycles. The second kappa shape index (κ2) is 5.46. The van der Waals surface area contributed by atoms with Crippen molar-refractivity contribution in [2.75, 3.05) is 7.11 Å². The van der Waals surface area contributed by atoms with Gasteiger partial charge in [-0.25, -0.2) is 0 Å². The number of hydrogen-bond donors (Lipinski definition) is 0. The Kier molecular flexibility index (Phi) is 3.73. The van der Waals surface area contributed by atoms with Crippen molar-refractivity contribution in [1.29, 1.82) is 0 Å². The minimum absolute atomic E-state index is 0.811. The number of allylic oxidation sites excluding steroid dienone is 1. The zero-order chi connectivity index (χ0) is 12.1. The Balaban J connectivity index is 2.40. The number of thiophene rings is 1. The van der Waals surface area contributed by atoms with Gasteiger partial charge in [0.15, 0.2) is 0 Å². The van der Waals surface area contributed by atoms with E-state index >= 15 is 0 Å². The van der Waals surface area contributed by atoms with E-state index in [4.69, 9.17) is 4.74 Å². The van der Waals surface area contributed by atoms with Gasteiger partial charge < -0.3 is 4.74 Å². The van der Waals surface area contributed by atoms with E-state index in [2.05, 4.69) is 0 Å². The first-order valence-corrected chi connectivity index (χ1v) is 6.07. The lowest BCUT2D eigenvalue weighted by molar-refractivity contribution is -0.104. The molecule has 0 N–H and O–H groups in total. The quantitative estimate of drug-likeness (QED) is 0.608. The van der Waals surface area contributed by atoms with Crippen LogP contribution in [0.15, 0.2) is 47.9 Å². The van der Waals surface area contributed by atoms with Crippen molar-refractivity contribution in [2.45, 2.75) is 0 Å². The van der Waals surface area contributed by atoms with Crippen LogP contribution in [0, 0.1) is 0 Å². The van der Waals surface area contributed by atoms with Crippen LogP contribution in [0.25, 0.3) is 5.57 Å². The van der Waals surface area contributed by atoms with Gasteiger partial charge in [0, 0.05) is 10.5 Å². The minimum Gasteiger partial charge on any atom is -0.497 e. The summed E-state index contributed by atoms with van der Waals surface area (Å²) >= 11 is 1.62. The maximum absolute atomic E-state index is 10.7. The van der Waals surface area contributed by atoms with Crippen molar-refractivity contribution in [3.63, 3.8) is 0 Å². The Morgan fingerprint density at radius 3 is 2.53 bits per heavy atom. The van der Waals surface area contributed by atoms with Crippen LogP contribution < -0.4 is 4.74 Å². The Bertz CT molecular complexity index is 510. The highest BCUT2D eigenvalue weighted by molar-refractivity contribution is 7.11. The molecule has 0 spiro atoms. The molecule has 86 valence electrons. The highest BCUT2D eigenvalue weighted by Gasteiger charge is 2.05. The van der Waals surface area contributed by atoms with Crippen LogP contribution in [0.4, 0.5) is 0 Å². The van der Waals surface area contributed by atoms with E-state index < -0.39 is 0 Å². The first kappa shape index (κ1) is 11.6. The number of rotatable bonds is 4. The van der Waals surface area contributed by atoms with Gasteiger partial charge in [0.25, 0.3) is 0 Å². The van der Waals surface area contributed by atoms with Gasteiger partial charge in [0.1, 0.15) is 12.0 Å². The molecule has 0 unspecified atom stereocenters. The lowest BCUT2D eigenvalue weighted by Gasteiger charge is -2.05. The second-order valence-electron chi connectivity index (χ2n) is 3.42. The maximum Gasteiger partial charge on any atom is 0.143 e. The van der Waals surface area contributed by atoms with Crippen molar-refractivity contribution in [1.82, 2.24) is 0 Å². The molecule has 2 aromatic rings. The van der Waals surface area contributed by atoms with Crippen LogP contribution in [0.5, 0.6) is 5.75 Å². The van der Waals surface area contributed by atoms with E-state index in [-0.39, 0.29) is 0 Å². The average Bonchev–Trinajstić information content (AvgIpc) is 2.90. The third-order valence-corrected chi connectivity index (χ3v) is 3.33. The second-order valence-corrected chi connectivity index (χ2v) is 4.37.